The molecule has 2 unspecified atom stereocenters. The number of hydrogen-bond donors (Lipinski definition) is 1. The van der Waals surface area contributed by atoms with Gasteiger partial charge in [-0.05, 0) is 43.7 Å². The summed E-state index contributed by atoms with van der Waals surface area (Å²) in [5.41, 5.74) is 2.93. The molecule has 1 N–H and O–H groups in total. The number of fused-ring (bicyclic) bond motifs is 1. The van der Waals surface area contributed by atoms with Crippen LogP contribution in [0.5, 0.6) is 0 Å². The third kappa shape index (κ3) is 2.30. The molecule has 21 heavy (non-hydrogen) atoms. The topological polar surface area (TPSA) is 53.4 Å². The highest BCUT2D eigenvalue weighted by atomic mass is 35.5. The first kappa shape index (κ1) is 14.0. The standard InChI is InChI=1S/C16H15ClN2O2/c1-9-15-6-12(17)3-4-14(15)16(21)19(9)13-5-11(10(2)20)7-18-8-13/h3-10,20H,1-2H3. The van der Waals surface area contributed by atoms with Gasteiger partial charge < -0.3 is 5.11 Å². The number of aliphatic hydroxyl groups excluding tert-OH is 1. The molecule has 3 rings (SSSR count). The van der Waals surface area contributed by atoms with Crippen LogP contribution >= 0.6 is 11.6 Å². The molecule has 0 fully saturated rings. The molecule has 1 aromatic heterocycles. The minimum atomic E-state index is -0.623. The van der Waals surface area contributed by atoms with E-state index in [4.69, 9.17) is 11.6 Å². The average Bonchev–Trinajstić information content (AvgIpc) is 2.70. The van der Waals surface area contributed by atoms with Gasteiger partial charge in [0.15, 0.2) is 0 Å². The van der Waals surface area contributed by atoms with Gasteiger partial charge in [0.05, 0.1) is 24.0 Å². The Hall–Kier alpha value is -1.91. The van der Waals surface area contributed by atoms with Gasteiger partial charge in [-0.15, -0.1) is 0 Å². The smallest absolute Gasteiger partial charge is 0.259 e. The van der Waals surface area contributed by atoms with E-state index in [1.54, 1.807) is 42.4 Å². The Kier molecular flexibility index (Phi) is 3.43. The van der Waals surface area contributed by atoms with Crippen molar-refractivity contribution in [1.29, 1.82) is 0 Å². The predicted octanol–water partition coefficient (Wildman–Crippen LogP) is 3.51. The van der Waals surface area contributed by atoms with E-state index in [2.05, 4.69) is 4.98 Å². The van der Waals surface area contributed by atoms with Gasteiger partial charge in [-0.3, -0.25) is 14.7 Å². The molecule has 0 spiro atoms. The molecule has 1 aliphatic rings. The van der Waals surface area contributed by atoms with E-state index < -0.39 is 6.10 Å². The van der Waals surface area contributed by atoms with Crippen LogP contribution in [0.2, 0.25) is 5.02 Å². The van der Waals surface area contributed by atoms with E-state index in [9.17, 15) is 9.90 Å². The highest BCUT2D eigenvalue weighted by molar-refractivity contribution is 6.31. The molecular weight excluding hydrogens is 288 g/mol. The third-order valence-corrected chi connectivity index (χ3v) is 4.04. The Balaban J connectivity index is 2.05. The normalized spacial score (nSPS) is 18.8. The summed E-state index contributed by atoms with van der Waals surface area (Å²) in [6.45, 7) is 3.62. The molecule has 0 bridgehead atoms. The quantitative estimate of drug-likeness (QED) is 0.923. The summed E-state index contributed by atoms with van der Waals surface area (Å²) >= 11 is 6.02. The van der Waals surface area contributed by atoms with Gasteiger partial charge in [0.25, 0.3) is 5.91 Å². The fourth-order valence-corrected chi connectivity index (χ4v) is 2.85. The first-order valence-electron chi connectivity index (χ1n) is 6.75. The maximum Gasteiger partial charge on any atom is 0.259 e. The number of halogens is 1. The zero-order valence-electron chi connectivity index (χ0n) is 11.7. The molecule has 0 saturated carbocycles. The van der Waals surface area contributed by atoms with Crippen molar-refractivity contribution in [1.82, 2.24) is 4.98 Å². The molecule has 0 aliphatic carbocycles. The Morgan fingerprint density at radius 1 is 1.33 bits per heavy atom. The maximum absolute atomic E-state index is 12.6. The second-order valence-corrected chi connectivity index (χ2v) is 5.67. The van der Waals surface area contributed by atoms with Crippen molar-refractivity contribution in [2.24, 2.45) is 0 Å². The number of benzene rings is 1. The van der Waals surface area contributed by atoms with Crippen LogP contribution in [-0.2, 0) is 0 Å². The van der Waals surface area contributed by atoms with Gasteiger partial charge in [-0.2, -0.15) is 0 Å². The van der Waals surface area contributed by atoms with Crippen molar-refractivity contribution in [2.75, 3.05) is 4.90 Å². The first-order chi connectivity index (χ1) is 9.99. The van der Waals surface area contributed by atoms with Gasteiger partial charge in [-0.25, -0.2) is 0 Å². The van der Waals surface area contributed by atoms with Crippen molar-refractivity contribution in [3.8, 4) is 0 Å². The molecule has 1 aliphatic heterocycles. The largest absolute Gasteiger partial charge is 0.389 e. The summed E-state index contributed by atoms with van der Waals surface area (Å²) in [4.78, 5) is 18.4. The minimum Gasteiger partial charge on any atom is -0.389 e. The summed E-state index contributed by atoms with van der Waals surface area (Å²) in [5.74, 6) is -0.0706. The Morgan fingerprint density at radius 2 is 2.10 bits per heavy atom. The minimum absolute atomic E-state index is 0.0706. The van der Waals surface area contributed by atoms with Crippen LogP contribution in [0, 0.1) is 0 Å². The number of amides is 1. The fourth-order valence-electron chi connectivity index (χ4n) is 2.66. The van der Waals surface area contributed by atoms with E-state index in [0.29, 0.717) is 21.8 Å². The number of carbonyl (C=O) groups excluding carboxylic acids is 1. The molecular formula is C16H15ClN2O2. The number of anilines is 1. The van der Waals surface area contributed by atoms with Crippen molar-refractivity contribution >= 4 is 23.2 Å². The van der Waals surface area contributed by atoms with E-state index in [0.717, 1.165) is 5.56 Å². The number of aliphatic hydroxyl groups is 1. The number of carbonyl (C=O) groups is 1. The number of pyridine rings is 1. The molecule has 2 aromatic rings. The van der Waals surface area contributed by atoms with Crippen molar-refractivity contribution < 1.29 is 9.90 Å². The number of nitrogens with zero attached hydrogens (tertiary/aromatic N) is 2. The van der Waals surface area contributed by atoms with E-state index in [1.165, 1.54) is 0 Å². The van der Waals surface area contributed by atoms with Crippen molar-refractivity contribution in [3.05, 3.63) is 58.4 Å². The van der Waals surface area contributed by atoms with Crippen LogP contribution in [0.4, 0.5) is 5.69 Å². The molecule has 2 heterocycles. The average molecular weight is 303 g/mol. The summed E-state index contributed by atoms with van der Waals surface area (Å²) in [6.07, 6.45) is 2.61. The van der Waals surface area contributed by atoms with E-state index in [1.807, 2.05) is 13.0 Å². The van der Waals surface area contributed by atoms with Gasteiger partial charge in [0.2, 0.25) is 0 Å². The zero-order chi connectivity index (χ0) is 15.1. The van der Waals surface area contributed by atoms with Crippen LogP contribution in [0.3, 0.4) is 0 Å². The van der Waals surface area contributed by atoms with Crippen LogP contribution < -0.4 is 4.90 Å². The Bertz CT molecular complexity index is 715. The van der Waals surface area contributed by atoms with Crippen LogP contribution in [0.25, 0.3) is 0 Å². The first-order valence-corrected chi connectivity index (χ1v) is 7.13. The van der Waals surface area contributed by atoms with Gasteiger partial charge in [0.1, 0.15) is 0 Å². The summed E-state index contributed by atoms with van der Waals surface area (Å²) < 4.78 is 0. The lowest BCUT2D eigenvalue weighted by Gasteiger charge is -2.22. The van der Waals surface area contributed by atoms with Gasteiger partial charge >= 0.3 is 0 Å². The molecule has 108 valence electrons. The monoisotopic (exact) mass is 302 g/mol. The molecule has 0 saturated heterocycles. The summed E-state index contributed by atoms with van der Waals surface area (Å²) in [6, 6.07) is 6.98. The van der Waals surface area contributed by atoms with E-state index >= 15 is 0 Å². The van der Waals surface area contributed by atoms with Gasteiger partial charge in [-0.1, -0.05) is 11.6 Å². The molecule has 1 amide bonds. The van der Waals surface area contributed by atoms with Crippen molar-refractivity contribution in [3.63, 3.8) is 0 Å². The lowest BCUT2D eigenvalue weighted by Crippen LogP contribution is -2.26. The van der Waals surface area contributed by atoms with Crippen LogP contribution in [0.1, 0.15) is 47.5 Å². The molecule has 1 aromatic carbocycles. The third-order valence-electron chi connectivity index (χ3n) is 3.81. The summed E-state index contributed by atoms with van der Waals surface area (Å²) in [5, 5.41) is 10.3. The highest BCUT2D eigenvalue weighted by Crippen LogP contribution is 2.38. The molecule has 5 heteroatoms. The fraction of sp³-hybridized carbons (Fsp3) is 0.250. The second kappa shape index (κ2) is 5.13. The lowest BCUT2D eigenvalue weighted by atomic mass is 10.1. The van der Waals surface area contributed by atoms with E-state index in [-0.39, 0.29) is 11.9 Å². The molecule has 2 atom stereocenters. The SMILES string of the molecule is CC(O)c1cncc(N2C(=O)c3ccc(Cl)cc3C2C)c1. The zero-order valence-corrected chi connectivity index (χ0v) is 12.5. The Morgan fingerprint density at radius 3 is 2.81 bits per heavy atom. The number of rotatable bonds is 2. The molecule has 4 nitrogen and oxygen atoms in total. The summed E-state index contributed by atoms with van der Waals surface area (Å²) in [7, 11) is 0. The maximum atomic E-state index is 12.6. The Labute approximate surface area is 128 Å². The predicted molar refractivity (Wildman–Crippen MR) is 81.5 cm³/mol. The highest BCUT2D eigenvalue weighted by Gasteiger charge is 2.35. The lowest BCUT2D eigenvalue weighted by molar-refractivity contribution is 0.0992. The second-order valence-electron chi connectivity index (χ2n) is 5.24. The molecule has 0 radical (unpaired) electrons. The van der Waals surface area contributed by atoms with Crippen LogP contribution in [-0.4, -0.2) is 16.0 Å². The van der Waals surface area contributed by atoms with Crippen LogP contribution in [0.15, 0.2) is 36.7 Å². The number of hydrogen-bond acceptors (Lipinski definition) is 3. The van der Waals surface area contributed by atoms with Gasteiger partial charge in [0, 0.05) is 22.3 Å². The van der Waals surface area contributed by atoms with Crippen molar-refractivity contribution in [2.45, 2.75) is 26.0 Å². The number of aromatic nitrogens is 1.